The molecule has 21 heavy (non-hydrogen) atoms. The van der Waals surface area contributed by atoms with Crippen LogP contribution in [0.4, 0.5) is 10.1 Å². The largest absolute Gasteiger partial charge is 0.398 e. The van der Waals surface area contributed by atoms with E-state index in [0.29, 0.717) is 22.8 Å². The van der Waals surface area contributed by atoms with Crippen LogP contribution in [-0.4, -0.2) is 20.2 Å². The smallest absolute Gasteiger partial charge is 0.187 e. The van der Waals surface area contributed by atoms with Crippen LogP contribution in [-0.2, 0) is 0 Å². The van der Waals surface area contributed by atoms with Crippen molar-refractivity contribution in [1.29, 1.82) is 0 Å². The molecule has 1 aromatic heterocycles. The van der Waals surface area contributed by atoms with Crippen LogP contribution in [0.3, 0.4) is 0 Å². The second-order valence-electron chi connectivity index (χ2n) is 4.87. The number of nitrogen functional groups attached to an aromatic ring is 1. The first-order valence-electron chi connectivity index (χ1n) is 6.48. The average molecular weight is 283 g/mol. The molecule has 0 unspecified atom stereocenters. The maximum Gasteiger partial charge on any atom is 0.187 e. The van der Waals surface area contributed by atoms with Crippen molar-refractivity contribution in [3.8, 4) is 17.1 Å². The van der Waals surface area contributed by atoms with Gasteiger partial charge in [0.15, 0.2) is 5.82 Å². The lowest BCUT2D eigenvalue weighted by molar-refractivity contribution is 0.614. The molecule has 0 bridgehead atoms. The first kappa shape index (κ1) is 13.2. The number of anilines is 1. The fraction of sp³-hybridized carbons (Fsp3) is 0.133. The van der Waals surface area contributed by atoms with Crippen LogP contribution in [0.15, 0.2) is 36.4 Å². The number of benzene rings is 2. The molecule has 0 fully saturated rings. The van der Waals surface area contributed by atoms with Gasteiger partial charge >= 0.3 is 0 Å². The Bertz CT molecular complexity index is 810. The monoisotopic (exact) mass is 283 g/mol. The zero-order valence-electron chi connectivity index (χ0n) is 11.7. The van der Waals surface area contributed by atoms with Gasteiger partial charge in [0.1, 0.15) is 5.82 Å². The minimum atomic E-state index is -0.294. The Hall–Kier alpha value is -2.76. The maximum atomic E-state index is 13.7. The normalized spacial score (nSPS) is 10.8. The molecule has 0 saturated carbocycles. The number of aromatic nitrogens is 4. The fourth-order valence-corrected chi connectivity index (χ4v) is 2.13. The number of hydrogen-bond acceptors (Lipinski definition) is 4. The lowest BCUT2D eigenvalue weighted by Gasteiger charge is -2.09. The van der Waals surface area contributed by atoms with Gasteiger partial charge in [-0.25, -0.2) is 4.39 Å². The van der Waals surface area contributed by atoms with Crippen LogP contribution in [0.1, 0.15) is 11.1 Å². The predicted octanol–water partition coefficient (Wildman–Crippen LogP) is 2.67. The van der Waals surface area contributed by atoms with Crippen LogP contribution >= 0.6 is 0 Å². The highest BCUT2D eigenvalue weighted by molar-refractivity contribution is 5.65. The van der Waals surface area contributed by atoms with Gasteiger partial charge < -0.3 is 5.73 Å². The summed E-state index contributed by atoms with van der Waals surface area (Å²) in [5.74, 6) is 0.229. The zero-order valence-corrected chi connectivity index (χ0v) is 11.7. The summed E-state index contributed by atoms with van der Waals surface area (Å²) in [6, 6.07) is 10.4. The summed E-state index contributed by atoms with van der Waals surface area (Å²) >= 11 is 0. The molecule has 0 spiro atoms. The summed E-state index contributed by atoms with van der Waals surface area (Å²) in [7, 11) is 0. The van der Waals surface area contributed by atoms with E-state index in [4.69, 9.17) is 5.73 Å². The van der Waals surface area contributed by atoms with E-state index in [9.17, 15) is 4.39 Å². The molecule has 0 atom stereocenters. The highest BCUT2D eigenvalue weighted by Crippen LogP contribution is 2.25. The summed E-state index contributed by atoms with van der Waals surface area (Å²) in [6.07, 6.45) is 0. The Balaban J connectivity index is 2.17. The number of nitrogens with two attached hydrogens (primary N) is 1. The summed E-state index contributed by atoms with van der Waals surface area (Å²) in [5.41, 5.74) is 9.46. The van der Waals surface area contributed by atoms with Crippen LogP contribution < -0.4 is 5.73 Å². The van der Waals surface area contributed by atoms with E-state index in [1.807, 2.05) is 25.1 Å². The highest BCUT2D eigenvalue weighted by atomic mass is 19.1. The second-order valence-corrected chi connectivity index (χ2v) is 4.87. The van der Waals surface area contributed by atoms with Gasteiger partial charge in [0.2, 0.25) is 0 Å². The van der Waals surface area contributed by atoms with Crippen molar-refractivity contribution in [2.45, 2.75) is 13.8 Å². The maximum absolute atomic E-state index is 13.7. The molecule has 6 heteroatoms. The third kappa shape index (κ3) is 2.24. The molecular weight excluding hydrogens is 269 g/mol. The molecule has 0 aliphatic rings. The average Bonchev–Trinajstić information content (AvgIpc) is 2.94. The topological polar surface area (TPSA) is 69.6 Å². The minimum absolute atomic E-state index is 0.294. The molecule has 106 valence electrons. The van der Waals surface area contributed by atoms with Gasteiger partial charge in [0.05, 0.1) is 5.69 Å². The summed E-state index contributed by atoms with van der Waals surface area (Å²) < 4.78 is 15.2. The van der Waals surface area contributed by atoms with E-state index < -0.39 is 0 Å². The molecule has 2 aromatic carbocycles. The molecule has 0 aliphatic carbocycles. The summed E-state index contributed by atoms with van der Waals surface area (Å²) in [4.78, 5) is 0. The zero-order chi connectivity index (χ0) is 15.0. The van der Waals surface area contributed by atoms with E-state index in [1.54, 1.807) is 19.1 Å². The van der Waals surface area contributed by atoms with Crippen LogP contribution in [0.2, 0.25) is 0 Å². The molecule has 0 amide bonds. The van der Waals surface area contributed by atoms with Crippen molar-refractivity contribution in [3.63, 3.8) is 0 Å². The van der Waals surface area contributed by atoms with E-state index in [0.717, 1.165) is 11.1 Å². The summed E-state index contributed by atoms with van der Waals surface area (Å²) in [5, 5.41) is 11.7. The number of tetrazole rings is 1. The number of rotatable bonds is 2. The van der Waals surface area contributed by atoms with Gasteiger partial charge in [-0.2, -0.15) is 4.68 Å². The molecule has 2 N–H and O–H groups in total. The number of hydrogen-bond donors (Lipinski definition) is 1. The molecule has 0 saturated heterocycles. The van der Waals surface area contributed by atoms with E-state index in [-0.39, 0.29) is 5.82 Å². The van der Waals surface area contributed by atoms with Gasteiger partial charge in [0.25, 0.3) is 0 Å². The lowest BCUT2D eigenvalue weighted by atomic mass is 10.1. The van der Waals surface area contributed by atoms with Crippen molar-refractivity contribution in [1.82, 2.24) is 20.2 Å². The van der Waals surface area contributed by atoms with Crippen molar-refractivity contribution in [2.24, 2.45) is 0 Å². The molecule has 3 aromatic rings. The Morgan fingerprint density at radius 1 is 1.14 bits per heavy atom. The highest BCUT2D eigenvalue weighted by Gasteiger charge is 2.14. The van der Waals surface area contributed by atoms with Gasteiger partial charge in [-0.05, 0) is 48.0 Å². The number of nitrogens with zero attached hydrogens (tertiary/aromatic N) is 4. The third-order valence-corrected chi connectivity index (χ3v) is 3.47. The Kier molecular flexibility index (Phi) is 3.13. The minimum Gasteiger partial charge on any atom is -0.398 e. The molecule has 5 nitrogen and oxygen atoms in total. The number of halogens is 1. The first-order valence-corrected chi connectivity index (χ1v) is 6.48. The Morgan fingerprint density at radius 2 is 1.95 bits per heavy atom. The molecule has 1 heterocycles. The van der Waals surface area contributed by atoms with Gasteiger partial charge in [0, 0.05) is 16.8 Å². The molecule has 0 aliphatic heterocycles. The lowest BCUT2D eigenvalue weighted by Crippen LogP contribution is -2.04. The van der Waals surface area contributed by atoms with Crippen molar-refractivity contribution in [2.75, 3.05) is 5.73 Å². The first-order chi connectivity index (χ1) is 10.1. The molecule has 0 radical (unpaired) electrons. The van der Waals surface area contributed by atoms with Gasteiger partial charge in [-0.1, -0.05) is 18.2 Å². The van der Waals surface area contributed by atoms with Crippen LogP contribution in [0.25, 0.3) is 17.1 Å². The van der Waals surface area contributed by atoms with Gasteiger partial charge in [-0.15, -0.1) is 5.10 Å². The Labute approximate surface area is 121 Å². The van der Waals surface area contributed by atoms with E-state index in [1.165, 1.54) is 10.7 Å². The van der Waals surface area contributed by atoms with Crippen molar-refractivity contribution >= 4 is 5.69 Å². The fourth-order valence-electron chi connectivity index (χ4n) is 2.13. The van der Waals surface area contributed by atoms with E-state index >= 15 is 0 Å². The standard InChI is InChI=1S/C15H14FN5/c1-9-6-7-11(8-13(9)17)15-18-19-20-21(15)14-5-3-4-12(16)10(14)2/h3-8H,17H2,1-2H3. The van der Waals surface area contributed by atoms with Gasteiger partial charge in [-0.3, -0.25) is 0 Å². The SMILES string of the molecule is Cc1ccc(-c2nnnn2-c2cccc(F)c2C)cc1N. The quantitative estimate of drug-likeness (QED) is 0.734. The van der Waals surface area contributed by atoms with Crippen molar-refractivity contribution in [3.05, 3.63) is 53.3 Å². The Morgan fingerprint density at radius 3 is 2.71 bits per heavy atom. The predicted molar refractivity (Wildman–Crippen MR) is 78.4 cm³/mol. The summed E-state index contributed by atoms with van der Waals surface area (Å²) in [6.45, 7) is 3.62. The third-order valence-electron chi connectivity index (χ3n) is 3.47. The van der Waals surface area contributed by atoms with Crippen molar-refractivity contribution < 1.29 is 4.39 Å². The second kappa shape index (κ2) is 4.97. The molecule has 3 rings (SSSR count). The molecular formula is C15H14FN5. The van der Waals surface area contributed by atoms with Crippen LogP contribution in [0.5, 0.6) is 0 Å². The van der Waals surface area contributed by atoms with Crippen LogP contribution in [0, 0.1) is 19.7 Å². The number of aryl methyl sites for hydroxylation is 1. The van der Waals surface area contributed by atoms with E-state index in [2.05, 4.69) is 15.5 Å².